The molecule has 2 atom stereocenters. The Labute approximate surface area is 121 Å². The van der Waals surface area contributed by atoms with E-state index in [9.17, 15) is 18.6 Å². The maximum absolute atomic E-state index is 12.0. The third-order valence-corrected chi connectivity index (χ3v) is 5.24. The van der Waals surface area contributed by atoms with E-state index in [0.29, 0.717) is 30.6 Å². The maximum Gasteiger partial charge on any atom is 0.178 e. The highest BCUT2D eigenvalue weighted by molar-refractivity contribution is 7.91. The van der Waals surface area contributed by atoms with Gasteiger partial charge in [-0.05, 0) is 43.4 Å². The molecular formula is C15H24O4S. The van der Waals surface area contributed by atoms with Crippen molar-refractivity contribution in [3.05, 3.63) is 29.8 Å². The van der Waals surface area contributed by atoms with Crippen molar-refractivity contribution in [3.8, 4) is 0 Å². The van der Waals surface area contributed by atoms with Gasteiger partial charge in [0.25, 0.3) is 0 Å². The lowest BCUT2D eigenvalue weighted by Crippen LogP contribution is -2.25. The minimum absolute atomic E-state index is 0.146. The van der Waals surface area contributed by atoms with Crippen LogP contribution in [0.2, 0.25) is 0 Å². The van der Waals surface area contributed by atoms with Gasteiger partial charge < -0.3 is 10.2 Å². The Bertz CT molecular complexity index is 510. The van der Waals surface area contributed by atoms with Crippen molar-refractivity contribution in [1.29, 1.82) is 0 Å². The Hall–Kier alpha value is -0.910. The van der Waals surface area contributed by atoms with Crippen LogP contribution in [0, 0.1) is 0 Å². The molecule has 0 aliphatic carbocycles. The van der Waals surface area contributed by atoms with E-state index in [1.54, 1.807) is 18.2 Å². The fourth-order valence-corrected chi connectivity index (χ4v) is 3.45. The number of benzene rings is 1. The second-order valence-electron chi connectivity index (χ2n) is 5.05. The molecule has 1 rings (SSSR count). The Kier molecular flexibility index (Phi) is 6.65. The number of rotatable bonds is 8. The summed E-state index contributed by atoms with van der Waals surface area (Å²) in [7, 11) is -3.20. The highest BCUT2D eigenvalue weighted by Gasteiger charge is 2.16. The molecule has 114 valence electrons. The molecule has 5 heteroatoms. The van der Waals surface area contributed by atoms with Crippen LogP contribution in [-0.2, 0) is 16.3 Å². The highest BCUT2D eigenvalue weighted by Crippen LogP contribution is 2.16. The Morgan fingerprint density at radius 1 is 1.15 bits per heavy atom. The molecule has 0 amide bonds. The third kappa shape index (κ3) is 4.89. The zero-order valence-electron chi connectivity index (χ0n) is 12.1. The van der Waals surface area contributed by atoms with Crippen LogP contribution in [0.4, 0.5) is 0 Å². The molecule has 2 unspecified atom stereocenters. The number of aliphatic hydroxyl groups excluding tert-OH is 2. The fourth-order valence-electron chi connectivity index (χ4n) is 2.06. The molecule has 0 bridgehead atoms. The number of aryl methyl sites for hydroxylation is 1. The average Bonchev–Trinajstić information content (AvgIpc) is 2.44. The number of hydrogen-bond donors (Lipinski definition) is 2. The van der Waals surface area contributed by atoms with E-state index in [-0.39, 0.29) is 5.75 Å². The predicted molar refractivity (Wildman–Crippen MR) is 79.4 cm³/mol. The lowest BCUT2D eigenvalue weighted by atomic mass is 10.0. The van der Waals surface area contributed by atoms with Crippen LogP contribution in [-0.4, -0.2) is 36.6 Å². The topological polar surface area (TPSA) is 74.6 Å². The summed E-state index contributed by atoms with van der Waals surface area (Å²) < 4.78 is 24.0. The zero-order chi connectivity index (χ0) is 15.2. The van der Waals surface area contributed by atoms with Gasteiger partial charge in [-0.2, -0.15) is 0 Å². The summed E-state index contributed by atoms with van der Waals surface area (Å²) >= 11 is 0. The molecule has 0 aliphatic rings. The Morgan fingerprint density at radius 3 is 2.45 bits per heavy atom. The van der Waals surface area contributed by atoms with Gasteiger partial charge in [0.05, 0.1) is 22.9 Å². The molecule has 0 aliphatic heterocycles. The van der Waals surface area contributed by atoms with Gasteiger partial charge in [-0.25, -0.2) is 8.42 Å². The first-order valence-corrected chi connectivity index (χ1v) is 8.73. The van der Waals surface area contributed by atoms with Crippen molar-refractivity contribution in [2.24, 2.45) is 0 Å². The molecule has 0 saturated heterocycles. The quantitative estimate of drug-likeness (QED) is 0.769. The summed E-state index contributed by atoms with van der Waals surface area (Å²) in [5.41, 5.74) is 0.865. The largest absolute Gasteiger partial charge is 0.390 e. The van der Waals surface area contributed by atoms with E-state index >= 15 is 0 Å². The van der Waals surface area contributed by atoms with Crippen LogP contribution < -0.4 is 0 Å². The fraction of sp³-hybridized carbons (Fsp3) is 0.600. The van der Waals surface area contributed by atoms with Crippen LogP contribution in [0.3, 0.4) is 0 Å². The molecule has 0 saturated carbocycles. The van der Waals surface area contributed by atoms with Gasteiger partial charge in [0.15, 0.2) is 9.84 Å². The SMILES string of the molecule is CCCS(=O)(=O)c1cccc(CCC(O)C(O)CC)c1. The van der Waals surface area contributed by atoms with E-state index in [4.69, 9.17) is 0 Å². The molecule has 0 fully saturated rings. The maximum atomic E-state index is 12.0. The molecule has 1 aromatic carbocycles. The highest BCUT2D eigenvalue weighted by atomic mass is 32.2. The van der Waals surface area contributed by atoms with Crippen molar-refractivity contribution in [3.63, 3.8) is 0 Å². The average molecular weight is 300 g/mol. The third-order valence-electron chi connectivity index (χ3n) is 3.32. The summed E-state index contributed by atoms with van der Waals surface area (Å²) in [6.07, 6.45) is 0.581. The van der Waals surface area contributed by atoms with Gasteiger partial charge in [-0.3, -0.25) is 0 Å². The number of hydrogen-bond acceptors (Lipinski definition) is 4. The first-order chi connectivity index (χ1) is 9.40. The van der Waals surface area contributed by atoms with Gasteiger partial charge in [0.1, 0.15) is 0 Å². The summed E-state index contributed by atoms with van der Waals surface area (Å²) in [5, 5.41) is 19.2. The lowest BCUT2D eigenvalue weighted by molar-refractivity contribution is 0.0130. The van der Waals surface area contributed by atoms with Crippen LogP contribution in [0.15, 0.2) is 29.2 Å². The lowest BCUT2D eigenvalue weighted by Gasteiger charge is -2.16. The summed E-state index contributed by atoms with van der Waals surface area (Å²) in [5.74, 6) is 0.146. The van der Waals surface area contributed by atoms with Gasteiger partial charge in [-0.1, -0.05) is 26.0 Å². The molecule has 0 spiro atoms. The normalized spacial score (nSPS) is 15.0. The molecule has 0 heterocycles. The van der Waals surface area contributed by atoms with Gasteiger partial charge in [-0.15, -0.1) is 0 Å². The zero-order valence-corrected chi connectivity index (χ0v) is 12.9. The van der Waals surface area contributed by atoms with E-state index in [1.807, 2.05) is 19.9 Å². The summed E-state index contributed by atoms with van der Waals surface area (Å²) in [6, 6.07) is 6.83. The van der Waals surface area contributed by atoms with Gasteiger partial charge in [0, 0.05) is 0 Å². The monoisotopic (exact) mass is 300 g/mol. The standard InChI is InChI=1S/C15H24O4S/c1-3-10-20(18,19)13-7-5-6-12(11-13)8-9-15(17)14(16)4-2/h5-7,11,14-17H,3-4,8-10H2,1-2H3. The van der Waals surface area contributed by atoms with E-state index in [1.165, 1.54) is 0 Å². The van der Waals surface area contributed by atoms with Gasteiger partial charge in [0.2, 0.25) is 0 Å². The van der Waals surface area contributed by atoms with Gasteiger partial charge >= 0.3 is 0 Å². The Morgan fingerprint density at radius 2 is 1.85 bits per heavy atom. The predicted octanol–water partition coefficient (Wildman–Crippen LogP) is 1.93. The Balaban J connectivity index is 2.74. The van der Waals surface area contributed by atoms with Crippen LogP contribution in [0.1, 0.15) is 38.7 Å². The molecule has 2 N–H and O–H groups in total. The van der Waals surface area contributed by atoms with Crippen molar-refractivity contribution < 1.29 is 18.6 Å². The second kappa shape index (κ2) is 7.76. The van der Waals surface area contributed by atoms with E-state index in [0.717, 1.165) is 5.56 Å². The molecule has 0 aromatic heterocycles. The smallest absolute Gasteiger partial charge is 0.178 e. The number of sulfone groups is 1. The van der Waals surface area contributed by atoms with Crippen molar-refractivity contribution in [2.45, 2.75) is 56.6 Å². The molecule has 4 nitrogen and oxygen atoms in total. The summed E-state index contributed by atoms with van der Waals surface area (Å²) in [6.45, 7) is 3.65. The minimum atomic E-state index is -3.20. The van der Waals surface area contributed by atoms with Crippen molar-refractivity contribution in [1.82, 2.24) is 0 Å². The van der Waals surface area contributed by atoms with E-state index in [2.05, 4.69) is 0 Å². The van der Waals surface area contributed by atoms with Crippen LogP contribution in [0.5, 0.6) is 0 Å². The van der Waals surface area contributed by atoms with E-state index < -0.39 is 22.0 Å². The second-order valence-corrected chi connectivity index (χ2v) is 7.16. The van der Waals surface area contributed by atoms with Crippen LogP contribution >= 0.6 is 0 Å². The summed E-state index contributed by atoms with van der Waals surface area (Å²) in [4.78, 5) is 0.336. The molecule has 20 heavy (non-hydrogen) atoms. The molecule has 1 aromatic rings. The van der Waals surface area contributed by atoms with Crippen LogP contribution in [0.25, 0.3) is 0 Å². The molecule has 0 radical (unpaired) electrons. The van der Waals surface area contributed by atoms with Crippen molar-refractivity contribution in [2.75, 3.05) is 5.75 Å². The van der Waals surface area contributed by atoms with Crippen molar-refractivity contribution >= 4 is 9.84 Å². The first kappa shape index (κ1) is 17.1. The first-order valence-electron chi connectivity index (χ1n) is 7.08. The minimum Gasteiger partial charge on any atom is -0.390 e. The number of aliphatic hydroxyl groups is 2. The molecular weight excluding hydrogens is 276 g/mol.